The molecule has 1 heterocycles. The average molecular weight is 229 g/mol. The molecule has 0 aliphatic heterocycles. The zero-order valence-electron chi connectivity index (χ0n) is 8.51. The molecule has 1 rings (SSSR count). The molecule has 7 heteroatoms. The summed E-state index contributed by atoms with van der Waals surface area (Å²) in [5.74, 6) is -2.11. The number of pyridine rings is 1. The van der Waals surface area contributed by atoms with Gasteiger partial charge in [0.25, 0.3) is 0 Å². The molecule has 0 saturated heterocycles. The summed E-state index contributed by atoms with van der Waals surface area (Å²) in [6, 6.07) is 4.52. The molecule has 1 aromatic rings. The van der Waals surface area contributed by atoms with Gasteiger partial charge in [-0.05, 0) is 18.5 Å². The Morgan fingerprint density at radius 3 is 2.75 bits per heavy atom. The van der Waals surface area contributed by atoms with Gasteiger partial charge in [-0.15, -0.1) is 0 Å². The van der Waals surface area contributed by atoms with E-state index >= 15 is 0 Å². The molecule has 0 unspecified atom stereocenters. The van der Waals surface area contributed by atoms with Gasteiger partial charge < -0.3 is 5.32 Å². The minimum absolute atomic E-state index is 0.0957. The summed E-state index contributed by atoms with van der Waals surface area (Å²) in [6.45, 7) is 1.81. The Balaban J connectivity index is 2.74. The van der Waals surface area contributed by atoms with Crippen LogP contribution in [-0.4, -0.2) is 24.3 Å². The van der Waals surface area contributed by atoms with E-state index in [0.717, 1.165) is 0 Å². The Bertz CT molecular complexity index is 381. The molecule has 0 aromatic carbocycles. The summed E-state index contributed by atoms with van der Waals surface area (Å²) < 4.78 is 35.8. The number of rotatable bonds is 3. The number of nitrogens with zero attached hydrogens (tertiary/aromatic N) is 1. The van der Waals surface area contributed by atoms with Crippen molar-refractivity contribution in [2.45, 2.75) is 19.3 Å². The van der Waals surface area contributed by atoms with E-state index in [-0.39, 0.29) is 5.82 Å². The topological polar surface area (TPSA) is 42.0 Å². The highest BCUT2D eigenvalue weighted by Crippen LogP contribution is 2.17. The van der Waals surface area contributed by atoms with Crippen LogP contribution in [0.15, 0.2) is 18.2 Å². The Morgan fingerprint density at radius 1 is 1.50 bits per heavy atom. The number of aromatic nitrogens is 1. The molecule has 0 saturated carbocycles. The van der Waals surface area contributed by atoms with Crippen LogP contribution in [0.2, 0.25) is 6.82 Å². The molecule has 0 aliphatic carbocycles. The number of nitrogens with one attached hydrogen (secondary N) is 1. The van der Waals surface area contributed by atoms with Gasteiger partial charge in [-0.2, -0.15) is 13.2 Å². The number of hydrogen-bond donors (Lipinski definition) is 1. The average Bonchev–Trinajstić information content (AvgIpc) is 2.17. The monoisotopic (exact) mass is 229 g/mol. The van der Waals surface area contributed by atoms with Crippen molar-refractivity contribution in [2.75, 3.05) is 5.32 Å². The van der Waals surface area contributed by atoms with Gasteiger partial charge in [0.15, 0.2) is 0 Å². The van der Waals surface area contributed by atoms with E-state index in [1.165, 1.54) is 12.1 Å². The van der Waals surface area contributed by atoms with Crippen LogP contribution in [0.3, 0.4) is 0 Å². The van der Waals surface area contributed by atoms with Gasteiger partial charge in [-0.3, -0.25) is 4.79 Å². The fraction of sp³-hybridized carbons (Fsp3) is 0.333. The standard InChI is InChI=1S/C9H9BF3N2O/c1-10-5-6-3-2-4-7(14-6)15-8(16)9(11,12)13/h2-4H,5H2,1H3,(H,14,15,16). The highest BCUT2D eigenvalue weighted by Gasteiger charge is 2.38. The molecular weight excluding hydrogens is 220 g/mol. The maximum atomic E-state index is 11.9. The number of carbonyl (C=O) groups is 1. The summed E-state index contributed by atoms with van der Waals surface area (Å²) in [7, 11) is 1.82. The molecule has 1 amide bonds. The Hall–Kier alpha value is -1.53. The van der Waals surface area contributed by atoms with Crippen LogP contribution in [0.1, 0.15) is 5.69 Å². The van der Waals surface area contributed by atoms with E-state index in [9.17, 15) is 18.0 Å². The Morgan fingerprint density at radius 2 is 2.19 bits per heavy atom. The Kier molecular flexibility index (Phi) is 3.92. The van der Waals surface area contributed by atoms with E-state index in [1.807, 2.05) is 14.1 Å². The van der Waals surface area contributed by atoms with Crippen molar-refractivity contribution >= 4 is 19.0 Å². The molecule has 0 bridgehead atoms. The second-order valence-electron chi connectivity index (χ2n) is 3.08. The SMILES string of the molecule is C[B]Cc1cccc(NC(=O)C(F)(F)F)n1. The number of amides is 1. The lowest BCUT2D eigenvalue weighted by Crippen LogP contribution is -2.30. The van der Waals surface area contributed by atoms with Crippen LogP contribution in [-0.2, 0) is 11.1 Å². The maximum Gasteiger partial charge on any atom is 0.471 e. The van der Waals surface area contributed by atoms with Crippen LogP contribution in [0.25, 0.3) is 0 Å². The van der Waals surface area contributed by atoms with Crippen molar-refractivity contribution in [1.29, 1.82) is 0 Å². The van der Waals surface area contributed by atoms with E-state index in [1.54, 1.807) is 11.4 Å². The minimum atomic E-state index is -4.89. The van der Waals surface area contributed by atoms with Crippen LogP contribution in [0.5, 0.6) is 0 Å². The van der Waals surface area contributed by atoms with E-state index in [4.69, 9.17) is 0 Å². The third kappa shape index (κ3) is 3.56. The van der Waals surface area contributed by atoms with E-state index in [2.05, 4.69) is 4.98 Å². The smallest absolute Gasteiger partial charge is 0.303 e. The van der Waals surface area contributed by atoms with Gasteiger partial charge >= 0.3 is 12.1 Å². The van der Waals surface area contributed by atoms with Crippen molar-refractivity contribution in [1.82, 2.24) is 4.98 Å². The van der Waals surface area contributed by atoms with Gasteiger partial charge in [0.2, 0.25) is 0 Å². The summed E-state index contributed by atoms with van der Waals surface area (Å²) >= 11 is 0. The van der Waals surface area contributed by atoms with Gasteiger partial charge in [0.1, 0.15) is 13.1 Å². The van der Waals surface area contributed by atoms with E-state index in [0.29, 0.717) is 12.0 Å². The summed E-state index contributed by atoms with van der Waals surface area (Å²) in [4.78, 5) is 14.5. The summed E-state index contributed by atoms with van der Waals surface area (Å²) in [5, 5.41) is 1.69. The van der Waals surface area contributed by atoms with Crippen molar-refractivity contribution in [2.24, 2.45) is 0 Å². The number of halogens is 3. The largest absolute Gasteiger partial charge is 0.471 e. The minimum Gasteiger partial charge on any atom is -0.303 e. The number of carbonyl (C=O) groups excluding carboxylic acids is 1. The van der Waals surface area contributed by atoms with Crippen molar-refractivity contribution in [3.8, 4) is 0 Å². The van der Waals surface area contributed by atoms with Crippen molar-refractivity contribution < 1.29 is 18.0 Å². The number of anilines is 1. The zero-order valence-corrected chi connectivity index (χ0v) is 8.51. The lowest BCUT2D eigenvalue weighted by Gasteiger charge is -2.07. The van der Waals surface area contributed by atoms with Gasteiger partial charge in [-0.25, -0.2) is 4.98 Å². The van der Waals surface area contributed by atoms with Crippen LogP contribution >= 0.6 is 0 Å². The molecule has 0 atom stereocenters. The molecule has 1 N–H and O–H groups in total. The molecule has 0 fully saturated rings. The van der Waals surface area contributed by atoms with Gasteiger partial charge in [0.05, 0.1) is 0 Å². The second-order valence-corrected chi connectivity index (χ2v) is 3.08. The molecule has 0 aliphatic rings. The lowest BCUT2D eigenvalue weighted by molar-refractivity contribution is -0.167. The third-order valence-corrected chi connectivity index (χ3v) is 1.72. The lowest BCUT2D eigenvalue weighted by atomic mass is 9.77. The third-order valence-electron chi connectivity index (χ3n) is 1.72. The molecule has 1 aromatic heterocycles. The number of hydrogen-bond acceptors (Lipinski definition) is 2. The summed E-state index contributed by atoms with van der Waals surface area (Å²) in [6.07, 6.45) is -4.36. The maximum absolute atomic E-state index is 11.9. The summed E-state index contributed by atoms with van der Waals surface area (Å²) in [5.41, 5.74) is 0.600. The van der Waals surface area contributed by atoms with Gasteiger partial charge in [0, 0.05) is 5.69 Å². The fourth-order valence-electron chi connectivity index (χ4n) is 1.06. The predicted octanol–water partition coefficient (Wildman–Crippen LogP) is 1.83. The first-order chi connectivity index (χ1) is 7.43. The quantitative estimate of drug-likeness (QED) is 0.803. The van der Waals surface area contributed by atoms with E-state index < -0.39 is 12.1 Å². The fourth-order valence-corrected chi connectivity index (χ4v) is 1.06. The highest BCUT2D eigenvalue weighted by molar-refractivity contribution is 6.32. The molecule has 1 radical (unpaired) electrons. The molecule has 3 nitrogen and oxygen atoms in total. The second kappa shape index (κ2) is 5.00. The highest BCUT2D eigenvalue weighted by atomic mass is 19.4. The normalized spacial score (nSPS) is 11.0. The first kappa shape index (κ1) is 12.5. The van der Waals surface area contributed by atoms with Crippen molar-refractivity contribution in [3.05, 3.63) is 23.9 Å². The number of alkyl halides is 3. The molecule has 16 heavy (non-hydrogen) atoms. The first-order valence-corrected chi connectivity index (χ1v) is 4.55. The first-order valence-electron chi connectivity index (χ1n) is 4.55. The zero-order chi connectivity index (χ0) is 12.2. The van der Waals surface area contributed by atoms with Crippen molar-refractivity contribution in [3.63, 3.8) is 0 Å². The van der Waals surface area contributed by atoms with Gasteiger partial charge in [-0.1, -0.05) is 12.9 Å². The molecule has 85 valence electrons. The van der Waals surface area contributed by atoms with Crippen LogP contribution in [0.4, 0.5) is 19.0 Å². The molecular formula is C9H9BF3N2O. The van der Waals surface area contributed by atoms with Crippen LogP contribution in [0, 0.1) is 0 Å². The molecule has 0 spiro atoms. The predicted molar refractivity (Wildman–Crippen MR) is 54.2 cm³/mol. The van der Waals surface area contributed by atoms with Crippen LogP contribution < -0.4 is 5.32 Å². The Labute approximate surface area is 91.3 Å².